The van der Waals surface area contributed by atoms with Gasteiger partial charge in [-0.3, -0.25) is 0 Å². The number of benzene rings is 1. The van der Waals surface area contributed by atoms with Gasteiger partial charge < -0.3 is 4.74 Å². The lowest BCUT2D eigenvalue weighted by Crippen LogP contribution is -1.91. The predicted molar refractivity (Wildman–Crippen MR) is 58.2 cm³/mol. The molecule has 0 aliphatic rings. The Morgan fingerprint density at radius 3 is 2.44 bits per heavy atom. The molecule has 0 aromatic heterocycles. The fourth-order valence-corrected chi connectivity index (χ4v) is 1.27. The zero-order valence-electron chi connectivity index (χ0n) is 8.36. The molecule has 16 heavy (non-hydrogen) atoms. The fraction of sp³-hybridized carbons (Fsp3) is 0.200. The van der Waals surface area contributed by atoms with Gasteiger partial charge in [-0.2, -0.15) is 9.98 Å². The molecule has 1 aromatic rings. The van der Waals surface area contributed by atoms with Crippen LogP contribution < -0.4 is 4.74 Å². The number of hydrogen-bond donors (Lipinski definition) is 0. The van der Waals surface area contributed by atoms with E-state index in [1.54, 1.807) is 6.92 Å². The van der Waals surface area contributed by atoms with Gasteiger partial charge in [0.15, 0.2) is 0 Å². The Hall–Kier alpha value is -1.93. The molecule has 6 heteroatoms. The third kappa shape index (κ3) is 2.78. The second-order valence-electron chi connectivity index (χ2n) is 2.61. The Labute approximate surface area is 96.4 Å². The standard InChI is InChI=1S/C10H7ClN2O3/c1-2-16-10-4-8(12-5-14)7(11)3-9(10)13-6-15/h3-4H,2H2,1H3. The van der Waals surface area contributed by atoms with Crippen LogP contribution in [-0.2, 0) is 9.59 Å². The highest BCUT2D eigenvalue weighted by molar-refractivity contribution is 6.33. The van der Waals surface area contributed by atoms with Crippen molar-refractivity contribution in [1.82, 2.24) is 0 Å². The van der Waals surface area contributed by atoms with Crippen LogP contribution in [0.4, 0.5) is 11.4 Å². The molecule has 82 valence electrons. The van der Waals surface area contributed by atoms with Gasteiger partial charge in [0, 0.05) is 6.07 Å². The maximum atomic E-state index is 10.2. The molecule has 1 rings (SSSR count). The van der Waals surface area contributed by atoms with Crippen LogP contribution in [0.15, 0.2) is 22.1 Å². The molecule has 0 radical (unpaired) electrons. The van der Waals surface area contributed by atoms with E-state index in [-0.39, 0.29) is 16.4 Å². The van der Waals surface area contributed by atoms with E-state index in [2.05, 4.69) is 9.98 Å². The van der Waals surface area contributed by atoms with Crippen LogP contribution in [0.5, 0.6) is 5.75 Å². The Balaban J connectivity index is 3.35. The molecular formula is C10H7ClN2O3. The smallest absolute Gasteiger partial charge is 0.240 e. The summed E-state index contributed by atoms with van der Waals surface area (Å²) < 4.78 is 5.21. The molecule has 5 nitrogen and oxygen atoms in total. The summed E-state index contributed by atoms with van der Waals surface area (Å²) in [4.78, 5) is 27.1. The average molecular weight is 239 g/mol. The van der Waals surface area contributed by atoms with Gasteiger partial charge in [-0.1, -0.05) is 11.6 Å². The van der Waals surface area contributed by atoms with Gasteiger partial charge in [0.25, 0.3) is 0 Å². The van der Waals surface area contributed by atoms with Crippen molar-refractivity contribution in [2.75, 3.05) is 6.61 Å². The summed E-state index contributed by atoms with van der Waals surface area (Å²) in [6, 6.07) is 2.78. The summed E-state index contributed by atoms with van der Waals surface area (Å²) in [5, 5.41) is 0.181. The Kier molecular flexibility index (Phi) is 4.42. The van der Waals surface area contributed by atoms with Gasteiger partial charge in [0.05, 0.1) is 17.3 Å². The van der Waals surface area contributed by atoms with Gasteiger partial charge in [0.2, 0.25) is 12.2 Å². The predicted octanol–water partition coefficient (Wildman–Crippen LogP) is 2.67. The van der Waals surface area contributed by atoms with E-state index in [0.29, 0.717) is 12.4 Å². The number of hydrogen-bond acceptors (Lipinski definition) is 5. The summed E-state index contributed by atoms with van der Waals surface area (Å²) in [6.07, 6.45) is 2.76. The van der Waals surface area contributed by atoms with Crippen LogP contribution in [0.1, 0.15) is 6.92 Å². The van der Waals surface area contributed by atoms with Crippen molar-refractivity contribution in [3.63, 3.8) is 0 Å². The van der Waals surface area contributed by atoms with Crippen LogP contribution in [0.25, 0.3) is 0 Å². The van der Waals surface area contributed by atoms with Crippen molar-refractivity contribution in [3.05, 3.63) is 17.2 Å². The van der Waals surface area contributed by atoms with Crippen molar-refractivity contribution in [2.24, 2.45) is 9.98 Å². The van der Waals surface area contributed by atoms with Gasteiger partial charge in [-0.05, 0) is 13.0 Å². The Bertz CT molecular complexity index is 489. The summed E-state index contributed by atoms with van der Waals surface area (Å²) in [5.41, 5.74) is 0.455. The van der Waals surface area contributed by atoms with E-state index in [1.165, 1.54) is 24.3 Å². The molecule has 0 amide bonds. The third-order valence-corrected chi connectivity index (χ3v) is 1.96. The highest BCUT2D eigenvalue weighted by Gasteiger charge is 2.08. The molecule has 0 unspecified atom stereocenters. The van der Waals surface area contributed by atoms with Crippen molar-refractivity contribution < 1.29 is 14.3 Å². The maximum Gasteiger partial charge on any atom is 0.240 e. The molecule has 1 aromatic carbocycles. The summed E-state index contributed by atoms with van der Waals surface area (Å²) >= 11 is 5.80. The minimum atomic E-state index is 0.181. The lowest BCUT2D eigenvalue weighted by Gasteiger charge is -2.07. The molecule has 0 aliphatic carbocycles. The van der Waals surface area contributed by atoms with E-state index < -0.39 is 0 Å². The molecular weight excluding hydrogens is 232 g/mol. The number of rotatable bonds is 4. The SMILES string of the molecule is CCOc1cc(N=C=O)c(Cl)cc1N=C=O. The first kappa shape index (κ1) is 12.1. The van der Waals surface area contributed by atoms with E-state index in [9.17, 15) is 9.59 Å². The van der Waals surface area contributed by atoms with Gasteiger partial charge in [-0.15, -0.1) is 0 Å². The minimum absolute atomic E-state index is 0.181. The number of ether oxygens (including phenoxy) is 1. The topological polar surface area (TPSA) is 68.1 Å². The minimum Gasteiger partial charge on any atom is -0.491 e. The Morgan fingerprint density at radius 1 is 1.25 bits per heavy atom. The molecule has 0 N–H and O–H groups in total. The largest absolute Gasteiger partial charge is 0.491 e. The normalized spacial score (nSPS) is 8.88. The van der Waals surface area contributed by atoms with Crippen LogP contribution in [0.3, 0.4) is 0 Å². The molecule has 0 saturated heterocycles. The van der Waals surface area contributed by atoms with Crippen molar-refractivity contribution in [2.45, 2.75) is 6.92 Å². The monoisotopic (exact) mass is 238 g/mol. The molecule has 0 heterocycles. The fourth-order valence-electron chi connectivity index (χ4n) is 1.07. The van der Waals surface area contributed by atoms with E-state index in [4.69, 9.17) is 16.3 Å². The molecule has 0 fully saturated rings. The van der Waals surface area contributed by atoms with Crippen LogP contribution >= 0.6 is 11.6 Å². The van der Waals surface area contributed by atoms with E-state index >= 15 is 0 Å². The van der Waals surface area contributed by atoms with Gasteiger partial charge in [-0.25, -0.2) is 9.59 Å². The summed E-state index contributed by atoms with van der Waals surface area (Å²) in [6.45, 7) is 2.15. The van der Waals surface area contributed by atoms with Crippen molar-refractivity contribution in [1.29, 1.82) is 0 Å². The molecule has 0 atom stereocenters. The van der Waals surface area contributed by atoms with Gasteiger partial charge in [0.1, 0.15) is 11.4 Å². The number of nitrogens with zero attached hydrogens (tertiary/aromatic N) is 2. The van der Waals surface area contributed by atoms with Gasteiger partial charge >= 0.3 is 0 Å². The highest BCUT2D eigenvalue weighted by Crippen LogP contribution is 2.37. The first-order valence-electron chi connectivity index (χ1n) is 4.35. The van der Waals surface area contributed by atoms with Crippen LogP contribution in [0, 0.1) is 0 Å². The zero-order valence-corrected chi connectivity index (χ0v) is 9.11. The number of carbonyl (C=O) groups excluding carboxylic acids is 2. The maximum absolute atomic E-state index is 10.2. The summed E-state index contributed by atoms with van der Waals surface area (Å²) in [7, 11) is 0. The average Bonchev–Trinajstić information content (AvgIpc) is 2.25. The second-order valence-corrected chi connectivity index (χ2v) is 3.02. The van der Waals surface area contributed by atoms with Crippen LogP contribution in [-0.4, -0.2) is 18.8 Å². The Morgan fingerprint density at radius 2 is 1.88 bits per heavy atom. The molecule has 0 aliphatic heterocycles. The summed E-state index contributed by atoms with van der Waals surface area (Å²) in [5.74, 6) is 0.309. The lowest BCUT2D eigenvalue weighted by atomic mass is 10.2. The highest BCUT2D eigenvalue weighted by atomic mass is 35.5. The first-order chi connectivity index (χ1) is 7.72. The van der Waals surface area contributed by atoms with Crippen molar-refractivity contribution in [3.8, 4) is 5.75 Å². The number of halogens is 1. The molecule has 0 spiro atoms. The van der Waals surface area contributed by atoms with E-state index in [1.807, 2.05) is 0 Å². The van der Waals surface area contributed by atoms with Crippen LogP contribution in [0.2, 0.25) is 5.02 Å². The number of isocyanates is 2. The second kappa shape index (κ2) is 5.83. The van der Waals surface area contributed by atoms with Crippen molar-refractivity contribution >= 4 is 35.1 Å². The number of aliphatic imine (C=N–C) groups is 2. The molecule has 0 saturated carbocycles. The lowest BCUT2D eigenvalue weighted by molar-refractivity contribution is 0.341. The van der Waals surface area contributed by atoms with E-state index in [0.717, 1.165) is 0 Å². The molecule has 0 bridgehead atoms. The first-order valence-corrected chi connectivity index (χ1v) is 4.72. The third-order valence-electron chi connectivity index (χ3n) is 1.66. The quantitative estimate of drug-likeness (QED) is 0.598. The zero-order chi connectivity index (χ0) is 12.0.